The third-order valence-electron chi connectivity index (χ3n) is 4.92. The maximum atomic E-state index is 14.7. The van der Waals surface area contributed by atoms with Crippen LogP contribution in [0.25, 0.3) is 5.69 Å². The van der Waals surface area contributed by atoms with Crippen LogP contribution in [0.2, 0.25) is 0 Å². The predicted octanol–water partition coefficient (Wildman–Crippen LogP) is 4.31. The standard InChI is InChI=1S/C25H19F2N5O4/c1-28-25(35)31-22-14-18(10-11-29-22)36-17-8-9-21(20(27)13-17)30-23(33)19-3-2-12-32(24(19)34)16-6-4-15(26)5-7-16/h2-14H,1H3,(H,30,33)(H2,28,29,31,35). The monoisotopic (exact) mass is 491 g/mol. The summed E-state index contributed by atoms with van der Waals surface area (Å²) >= 11 is 0. The predicted molar refractivity (Wildman–Crippen MR) is 129 cm³/mol. The van der Waals surface area contributed by atoms with Crippen LogP contribution in [0.3, 0.4) is 0 Å². The average Bonchev–Trinajstić information content (AvgIpc) is 2.86. The highest BCUT2D eigenvalue weighted by molar-refractivity contribution is 6.04. The summed E-state index contributed by atoms with van der Waals surface area (Å²) in [7, 11) is 1.46. The van der Waals surface area contributed by atoms with Crippen LogP contribution in [0.4, 0.5) is 25.1 Å². The van der Waals surface area contributed by atoms with Gasteiger partial charge in [-0.15, -0.1) is 0 Å². The molecule has 3 N–H and O–H groups in total. The molecule has 0 saturated carbocycles. The summed E-state index contributed by atoms with van der Waals surface area (Å²) in [5.74, 6) is -1.44. The Morgan fingerprint density at radius 1 is 0.944 bits per heavy atom. The molecule has 0 fully saturated rings. The lowest BCUT2D eigenvalue weighted by Gasteiger charge is -2.11. The van der Waals surface area contributed by atoms with Crippen LogP contribution in [0.5, 0.6) is 11.5 Å². The minimum absolute atomic E-state index is 0.126. The van der Waals surface area contributed by atoms with Gasteiger partial charge >= 0.3 is 6.03 Å². The Labute approximate surface area is 203 Å². The van der Waals surface area contributed by atoms with Crippen molar-refractivity contribution >= 4 is 23.4 Å². The SMILES string of the molecule is CNC(=O)Nc1cc(Oc2ccc(NC(=O)c3cccn(-c4ccc(F)cc4)c3=O)c(F)c2)ccn1. The second-order valence-electron chi connectivity index (χ2n) is 7.35. The van der Waals surface area contributed by atoms with E-state index in [2.05, 4.69) is 20.9 Å². The van der Waals surface area contributed by atoms with Gasteiger partial charge in [-0.3, -0.25) is 19.5 Å². The third kappa shape index (κ3) is 5.53. The van der Waals surface area contributed by atoms with Gasteiger partial charge in [0.25, 0.3) is 11.5 Å². The molecule has 0 aliphatic heterocycles. The van der Waals surface area contributed by atoms with E-state index in [9.17, 15) is 23.2 Å². The Kier molecular flexibility index (Phi) is 7.00. The molecule has 0 spiro atoms. The van der Waals surface area contributed by atoms with Gasteiger partial charge in [0, 0.05) is 37.3 Å². The molecule has 0 radical (unpaired) electrons. The van der Waals surface area contributed by atoms with Crippen molar-refractivity contribution in [1.82, 2.24) is 14.9 Å². The number of rotatable bonds is 6. The molecule has 0 aliphatic carbocycles. The lowest BCUT2D eigenvalue weighted by atomic mass is 10.2. The number of urea groups is 1. The Morgan fingerprint density at radius 3 is 2.42 bits per heavy atom. The maximum Gasteiger partial charge on any atom is 0.320 e. The van der Waals surface area contributed by atoms with Gasteiger partial charge in [0.2, 0.25) is 0 Å². The van der Waals surface area contributed by atoms with Gasteiger partial charge in [0.05, 0.1) is 5.69 Å². The van der Waals surface area contributed by atoms with Crippen molar-refractivity contribution in [3.8, 4) is 17.2 Å². The van der Waals surface area contributed by atoms with E-state index in [1.165, 1.54) is 84.7 Å². The van der Waals surface area contributed by atoms with E-state index in [0.29, 0.717) is 11.4 Å². The molecule has 4 aromatic rings. The molecule has 2 heterocycles. The molecular formula is C25H19F2N5O4. The summed E-state index contributed by atoms with van der Waals surface area (Å²) in [6.07, 6.45) is 2.85. The Balaban J connectivity index is 1.49. The van der Waals surface area contributed by atoms with E-state index >= 15 is 0 Å². The summed E-state index contributed by atoms with van der Waals surface area (Å²) in [5.41, 5.74) is -0.676. The summed E-state index contributed by atoms with van der Waals surface area (Å²) in [6.45, 7) is 0. The van der Waals surface area contributed by atoms with E-state index < -0.39 is 29.1 Å². The first-order valence-electron chi connectivity index (χ1n) is 10.5. The van der Waals surface area contributed by atoms with Crippen molar-refractivity contribution in [2.24, 2.45) is 0 Å². The van der Waals surface area contributed by atoms with E-state index in [4.69, 9.17) is 4.74 Å². The molecule has 0 saturated heterocycles. The number of anilines is 2. The van der Waals surface area contributed by atoms with Crippen LogP contribution in [-0.4, -0.2) is 28.5 Å². The van der Waals surface area contributed by atoms with Gasteiger partial charge in [-0.2, -0.15) is 0 Å². The molecule has 0 aliphatic rings. The van der Waals surface area contributed by atoms with Gasteiger partial charge in [-0.1, -0.05) is 0 Å². The smallest absolute Gasteiger partial charge is 0.320 e. The molecule has 3 amide bonds. The molecule has 11 heteroatoms. The zero-order chi connectivity index (χ0) is 25.7. The zero-order valence-electron chi connectivity index (χ0n) is 18.8. The highest BCUT2D eigenvalue weighted by atomic mass is 19.1. The molecule has 4 rings (SSSR count). The molecule has 0 unspecified atom stereocenters. The minimum Gasteiger partial charge on any atom is -0.457 e. The van der Waals surface area contributed by atoms with Crippen LogP contribution < -0.4 is 26.2 Å². The molecule has 36 heavy (non-hydrogen) atoms. The second-order valence-corrected chi connectivity index (χ2v) is 7.35. The largest absolute Gasteiger partial charge is 0.457 e. The normalized spacial score (nSPS) is 10.4. The van der Waals surface area contributed by atoms with E-state index in [1.807, 2.05) is 0 Å². The fourth-order valence-electron chi connectivity index (χ4n) is 3.18. The van der Waals surface area contributed by atoms with Crippen LogP contribution in [-0.2, 0) is 0 Å². The maximum absolute atomic E-state index is 14.7. The number of ether oxygens (including phenoxy) is 1. The number of benzene rings is 2. The number of carbonyl (C=O) groups excluding carboxylic acids is 2. The fourth-order valence-corrected chi connectivity index (χ4v) is 3.18. The van der Waals surface area contributed by atoms with Crippen molar-refractivity contribution in [2.45, 2.75) is 0 Å². The first-order chi connectivity index (χ1) is 17.3. The lowest BCUT2D eigenvalue weighted by Crippen LogP contribution is -2.28. The van der Waals surface area contributed by atoms with Crippen molar-refractivity contribution < 1.29 is 23.1 Å². The van der Waals surface area contributed by atoms with Crippen molar-refractivity contribution in [3.05, 3.63) is 107 Å². The molecule has 9 nitrogen and oxygen atoms in total. The van der Waals surface area contributed by atoms with Crippen molar-refractivity contribution in [3.63, 3.8) is 0 Å². The number of halogens is 2. The molecule has 0 atom stereocenters. The second kappa shape index (κ2) is 10.5. The topological polar surface area (TPSA) is 114 Å². The van der Waals surface area contributed by atoms with Crippen molar-refractivity contribution in [1.29, 1.82) is 0 Å². The van der Waals surface area contributed by atoms with Gasteiger partial charge in [0.1, 0.15) is 34.5 Å². The quantitative estimate of drug-likeness (QED) is 0.372. The summed E-state index contributed by atoms with van der Waals surface area (Å²) in [6, 6.07) is 14.2. The summed E-state index contributed by atoms with van der Waals surface area (Å²) in [5, 5.41) is 7.26. The number of amides is 3. The van der Waals surface area contributed by atoms with Crippen molar-refractivity contribution in [2.75, 3.05) is 17.7 Å². The molecular weight excluding hydrogens is 472 g/mol. The fraction of sp³-hybridized carbons (Fsp3) is 0.0400. The number of aromatic nitrogens is 2. The average molecular weight is 491 g/mol. The number of nitrogens with one attached hydrogen (secondary N) is 3. The Morgan fingerprint density at radius 2 is 1.69 bits per heavy atom. The Bertz CT molecular complexity index is 1490. The van der Waals surface area contributed by atoms with Gasteiger partial charge < -0.3 is 15.4 Å². The first-order valence-corrected chi connectivity index (χ1v) is 10.5. The number of nitrogens with zero attached hydrogens (tertiary/aromatic N) is 2. The number of pyridine rings is 2. The molecule has 2 aromatic heterocycles. The summed E-state index contributed by atoms with van der Waals surface area (Å²) in [4.78, 5) is 40.9. The molecule has 2 aromatic carbocycles. The van der Waals surface area contributed by atoms with E-state index in [-0.39, 0.29) is 22.8 Å². The van der Waals surface area contributed by atoms with Gasteiger partial charge in [-0.05, 0) is 54.6 Å². The van der Waals surface area contributed by atoms with Gasteiger partial charge in [0.15, 0.2) is 0 Å². The summed E-state index contributed by atoms with van der Waals surface area (Å²) < 4.78 is 34.7. The highest BCUT2D eigenvalue weighted by Crippen LogP contribution is 2.27. The molecule has 182 valence electrons. The number of hydrogen-bond acceptors (Lipinski definition) is 5. The lowest BCUT2D eigenvalue weighted by molar-refractivity contribution is 0.102. The zero-order valence-corrected chi connectivity index (χ0v) is 18.8. The van der Waals surface area contributed by atoms with Crippen LogP contribution in [0.15, 0.2) is 83.9 Å². The minimum atomic E-state index is -0.817. The van der Waals surface area contributed by atoms with E-state index in [1.54, 1.807) is 0 Å². The molecule has 0 bridgehead atoms. The van der Waals surface area contributed by atoms with Crippen LogP contribution >= 0.6 is 0 Å². The Hall–Kier alpha value is -5.06. The van der Waals surface area contributed by atoms with E-state index in [0.717, 1.165) is 6.07 Å². The number of carbonyl (C=O) groups is 2. The number of hydrogen-bond donors (Lipinski definition) is 3. The third-order valence-corrected chi connectivity index (χ3v) is 4.92. The first kappa shape index (κ1) is 24.1. The van der Waals surface area contributed by atoms with Gasteiger partial charge in [-0.25, -0.2) is 18.6 Å². The highest BCUT2D eigenvalue weighted by Gasteiger charge is 2.16. The van der Waals surface area contributed by atoms with Crippen LogP contribution in [0.1, 0.15) is 10.4 Å². The van der Waals surface area contributed by atoms with Crippen LogP contribution in [0, 0.1) is 11.6 Å².